The van der Waals surface area contributed by atoms with E-state index in [2.05, 4.69) is 6.07 Å². The molecule has 0 aliphatic heterocycles. The van der Waals surface area contributed by atoms with Crippen LogP contribution in [-0.4, -0.2) is 23.6 Å². The number of rotatable bonds is 5. The van der Waals surface area contributed by atoms with Gasteiger partial charge in [0.15, 0.2) is 0 Å². The number of benzene rings is 1. The second-order valence-corrected chi connectivity index (χ2v) is 6.01. The maximum Gasteiger partial charge on any atom is 0.233 e. The summed E-state index contributed by atoms with van der Waals surface area (Å²) in [6.07, 6.45) is 0. The number of carbonyl (C=O) groups is 1. The number of hydrogen-bond acceptors (Lipinski definition) is 3. The lowest BCUT2D eigenvalue weighted by Gasteiger charge is -2.15. The third-order valence-electron chi connectivity index (χ3n) is 2.50. The predicted molar refractivity (Wildman–Crippen MR) is 78.0 cm³/mol. The van der Waals surface area contributed by atoms with Gasteiger partial charge in [-0.25, -0.2) is 0 Å². The van der Waals surface area contributed by atoms with Gasteiger partial charge in [-0.1, -0.05) is 24.3 Å². The monoisotopic (exact) mass is 277 g/mol. The lowest BCUT2D eigenvalue weighted by atomic mass is 10.4. The predicted octanol–water partition coefficient (Wildman–Crippen LogP) is 3.50. The van der Waals surface area contributed by atoms with Crippen LogP contribution in [0.15, 0.2) is 52.7 Å². The van der Waals surface area contributed by atoms with E-state index in [0.717, 1.165) is 4.90 Å². The second-order valence-electron chi connectivity index (χ2n) is 3.93. The highest BCUT2D eigenvalue weighted by Crippen LogP contribution is 2.18. The standard InChI is InChI=1S/C14H15NOS2/c1-15(10-13-8-5-9-17-13)14(16)11-18-12-6-3-2-4-7-12/h2-9H,10-11H2,1H3. The Balaban J connectivity index is 1.81. The van der Waals surface area contributed by atoms with Crippen molar-refractivity contribution in [2.45, 2.75) is 11.4 Å². The van der Waals surface area contributed by atoms with E-state index in [1.165, 1.54) is 4.88 Å². The molecule has 1 aromatic heterocycles. The van der Waals surface area contributed by atoms with E-state index in [1.807, 2.05) is 48.8 Å². The largest absolute Gasteiger partial charge is 0.340 e. The molecule has 18 heavy (non-hydrogen) atoms. The molecule has 4 heteroatoms. The van der Waals surface area contributed by atoms with Crippen LogP contribution in [0, 0.1) is 0 Å². The average Bonchev–Trinajstić information content (AvgIpc) is 2.90. The maximum atomic E-state index is 12.0. The van der Waals surface area contributed by atoms with Crippen LogP contribution in [0.4, 0.5) is 0 Å². The smallest absolute Gasteiger partial charge is 0.233 e. The van der Waals surface area contributed by atoms with Gasteiger partial charge in [-0.15, -0.1) is 23.1 Å². The molecule has 0 bridgehead atoms. The summed E-state index contributed by atoms with van der Waals surface area (Å²) in [7, 11) is 1.85. The fourth-order valence-electron chi connectivity index (χ4n) is 1.50. The zero-order valence-corrected chi connectivity index (χ0v) is 11.8. The van der Waals surface area contributed by atoms with Gasteiger partial charge in [0.1, 0.15) is 0 Å². The number of amides is 1. The molecular formula is C14H15NOS2. The van der Waals surface area contributed by atoms with E-state index in [-0.39, 0.29) is 5.91 Å². The van der Waals surface area contributed by atoms with E-state index >= 15 is 0 Å². The zero-order chi connectivity index (χ0) is 12.8. The first-order chi connectivity index (χ1) is 8.75. The Bertz CT molecular complexity index is 482. The summed E-state index contributed by atoms with van der Waals surface area (Å²) in [6, 6.07) is 14.1. The van der Waals surface area contributed by atoms with Crippen LogP contribution in [0.2, 0.25) is 0 Å². The second kappa shape index (κ2) is 6.61. The number of carbonyl (C=O) groups excluding carboxylic acids is 1. The fourth-order valence-corrected chi connectivity index (χ4v) is 3.11. The Morgan fingerprint density at radius 3 is 2.67 bits per heavy atom. The Labute approximate surface area is 116 Å². The minimum atomic E-state index is 0.164. The van der Waals surface area contributed by atoms with E-state index in [9.17, 15) is 4.79 Å². The topological polar surface area (TPSA) is 20.3 Å². The zero-order valence-electron chi connectivity index (χ0n) is 10.2. The van der Waals surface area contributed by atoms with Gasteiger partial charge in [0.2, 0.25) is 5.91 Å². The minimum Gasteiger partial charge on any atom is -0.340 e. The average molecular weight is 277 g/mol. The Morgan fingerprint density at radius 2 is 2.00 bits per heavy atom. The lowest BCUT2D eigenvalue weighted by molar-refractivity contribution is -0.127. The molecule has 94 valence electrons. The van der Waals surface area contributed by atoms with Gasteiger partial charge in [-0.3, -0.25) is 4.79 Å². The van der Waals surface area contributed by atoms with Crippen molar-refractivity contribution in [1.82, 2.24) is 4.90 Å². The Hall–Kier alpha value is -1.26. The molecule has 0 unspecified atom stereocenters. The number of thiophene rings is 1. The molecule has 1 amide bonds. The SMILES string of the molecule is CN(Cc1cccs1)C(=O)CSc1ccccc1. The summed E-state index contributed by atoms with van der Waals surface area (Å²) in [5, 5.41) is 2.03. The van der Waals surface area contributed by atoms with E-state index in [4.69, 9.17) is 0 Å². The molecule has 0 fully saturated rings. The number of nitrogens with zero attached hydrogens (tertiary/aromatic N) is 1. The molecule has 0 saturated carbocycles. The van der Waals surface area contributed by atoms with Crippen molar-refractivity contribution >= 4 is 29.0 Å². The molecule has 0 spiro atoms. The van der Waals surface area contributed by atoms with Crippen molar-refractivity contribution < 1.29 is 4.79 Å². The highest BCUT2D eigenvalue weighted by molar-refractivity contribution is 8.00. The summed E-state index contributed by atoms with van der Waals surface area (Å²) in [6.45, 7) is 0.700. The molecule has 2 aromatic rings. The summed E-state index contributed by atoms with van der Waals surface area (Å²) in [4.78, 5) is 16.1. The van der Waals surface area contributed by atoms with Crippen LogP contribution in [0.3, 0.4) is 0 Å². The summed E-state index contributed by atoms with van der Waals surface area (Å²) < 4.78 is 0. The van der Waals surface area contributed by atoms with Gasteiger partial charge < -0.3 is 4.90 Å². The van der Waals surface area contributed by atoms with Gasteiger partial charge in [0, 0.05) is 16.8 Å². The van der Waals surface area contributed by atoms with Gasteiger partial charge in [-0.05, 0) is 23.6 Å². The molecule has 0 N–H and O–H groups in total. The van der Waals surface area contributed by atoms with Crippen molar-refractivity contribution in [3.63, 3.8) is 0 Å². The van der Waals surface area contributed by atoms with Crippen LogP contribution in [0.5, 0.6) is 0 Å². The molecule has 0 saturated heterocycles. The van der Waals surface area contributed by atoms with Gasteiger partial charge >= 0.3 is 0 Å². The highest BCUT2D eigenvalue weighted by atomic mass is 32.2. The first-order valence-corrected chi connectivity index (χ1v) is 7.56. The molecule has 0 aliphatic carbocycles. The number of thioether (sulfide) groups is 1. The van der Waals surface area contributed by atoms with Crippen LogP contribution >= 0.6 is 23.1 Å². The number of hydrogen-bond donors (Lipinski definition) is 0. The van der Waals surface area contributed by atoms with Gasteiger partial charge in [0.05, 0.1) is 12.3 Å². The van der Waals surface area contributed by atoms with Crippen molar-refractivity contribution in [3.05, 3.63) is 52.7 Å². The third-order valence-corrected chi connectivity index (χ3v) is 4.36. The van der Waals surface area contributed by atoms with Crippen molar-refractivity contribution in [2.24, 2.45) is 0 Å². The minimum absolute atomic E-state index is 0.164. The summed E-state index contributed by atoms with van der Waals surface area (Å²) in [5.41, 5.74) is 0. The molecule has 0 radical (unpaired) electrons. The first-order valence-electron chi connectivity index (χ1n) is 5.70. The molecule has 1 aromatic carbocycles. The highest BCUT2D eigenvalue weighted by Gasteiger charge is 2.10. The van der Waals surface area contributed by atoms with Crippen molar-refractivity contribution in [1.29, 1.82) is 0 Å². The van der Waals surface area contributed by atoms with Crippen molar-refractivity contribution in [3.8, 4) is 0 Å². The third kappa shape index (κ3) is 3.89. The lowest BCUT2D eigenvalue weighted by Crippen LogP contribution is -2.27. The fraction of sp³-hybridized carbons (Fsp3) is 0.214. The molecule has 2 rings (SSSR count). The van der Waals surface area contributed by atoms with E-state index < -0.39 is 0 Å². The van der Waals surface area contributed by atoms with E-state index in [1.54, 1.807) is 28.0 Å². The normalized spacial score (nSPS) is 10.3. The first kappa shape index (κ1) is 13.2. The van der Waals surface area contributed by atoms with Gasteiger partial charge in [0.25, 0.3) is 0 Å². The van der Waals surface area contributed by atoms with Crippen LogP contribution < -0.4 is 0 Å². The Morgan fingerprint density at radius 1 is 1.22 bits per heavy atom. The van der Waals surface area contributed by atoms with E-state index in [0.29, 0.717) is 12.3 Å². The molecule has 0 aliphatic rings. The van der Waals surface area contributed by atoms with Gasteiger partial charge in [-0.2, -0.15) is 0 Å². The summed E-state index contributed by atoms with van der Waals surface area (Å²) in [5.74, 6) is 0.656. The van der Waals surface area contributed by atoms with Crippen molar-refractivity contribution in [2.75, 3.05) is 12.8 Å². The van der Waals surface area contributed by atoms with Crippen LogP contribution in [0.25, 0.3) is 0 Å². The summed E-state index contributed by atoms with van der Waals surface area (Å²) >= 11 is 3.26. The quantitative estimate of drug-likeness (QED) is 0.780. The van der Waals surface area contributed by atoms with Crippen LogP contribution in [0.1, 0.15) is 4.88 Å². The molecule has 0 atom stereocenters. The molecule has 2 nitrogen and oxygen atoms in total. The van der Waals surface area contributed by atoms with Crippen LogP contribution in [-0.2, 0) is 11.3 Å². The maximum absolute atomic E-state index is 12.0. The Kier molecular flexibility index (Phi) is 4.84. The molecular weight excluding hydrogens is 262 g/mol. The molecule has 1 heterocycles.